The number of rotatable bonds is 5. The van der Waals surface area contributed by atoms with Gasteiger partial charge in [0.25, 0.3) is 0 Å². The van der Waals surface area contributed by atoms with Crippen molar-refractivity contribution in [2.45, 2.75) is 0 Å². The molecule has 0 fully saturated rings. The Morgan fingerprint density at radius 2 is 0.891 bits per heavy atom. The fraction of sp³-hybridized carbons (Fsp3) is 0. The van der Waals surface area contributed by atoms with E-state index >= 15 is 0 Å². The Bertz CT molecular complexity index is 2480. The summed E-state index contributed by atoms with van der Waals surface area (Å²) in [5.74, 6) is 0. The van der Waals surface area contributed by atoms with Crippen LogP contribution in [-0.2, 0) is 0 Å². The summed E-state index contributed by atoms with van der Waals surface area (Å²) in [6.45, 7) is 0. The lowest BCUT2D eigenvalue weighted by Crippen LogP contribution is -1.95. The van der Waals surface area contributed by atoms with Crippen molar-refractivity contribution in [1.82, 2.24) is 9.13 Å². The van der Waals surface area contributed by atoms with E-state index in [1.807, 2.05) is 0 Å². The summed E-state index contributed by atoms with van der Waals surface area (Å²) in [6, 6.07) is 63.4. The molecule has 0 saturated heterocycles. The van der Waals surface area contributed by atoms with Crippen LogP contribution in [0.3, 0.4) is 0 Å². The lowest BCUT2D eigenvalue weighted by atomic mass is 9.94. The Morgan fingerprint density at radius 3 is 1.61 bits per heavy atom. The van der Waals surface area contributed by atoms with Crippen molar-refractivity contribution in [2.24, 2.45) is 0 Å². The molecule has 0 aliphatic carbocycles. The van der Waals surface area contributed by atoms with Crippen LogP contribution >= 0.6 is 0 Å². The first-order valence-corrected chi connectivity index (χ1v) is 15.8. The van der Waals surface area contributed by atoms with Gasteiger partial charge < -0.3 is 9.13 Å². The summed E-state index contributed by atoms with van der Waals surface area (Å²) < 4.78 is 4.74. The van der Waals surface area contributed by atoms with E-state index in [9.17, 15) is 0 Å². The summed E-state index contributed by atoms with van der Waals surface area (Å²) in [5.41, 5.74) is 13.3. The standard InChI is InChI=1S/C44H30N2/c1-4-12-31(13-5-1)32-20-23-36(24-21-32)46-43-26-22-34(38-19-11-10-18-37(38)33-14-6-2-7-15-33)30-41(43)39-25-27-42-40(44(39)46)28-29-45(42)35-16-8-3-9-17-35/h1-30H. The van der Waals surface area contributed by atoms with Gasteiger partial charge in [-0.2, -0.15) is 0 Å². The number of hydrogen-bond donors (Lipinski definition) is 0. The zero-order valence-electron chi connectivity index (χ0n) is 25.2. The quantitative estimate of drug-likeness (QED) is 0.190. The number of para-hydroxylation sites is 1. The van der Waals surface area contributed by atoms with E-state index in [0.29, 0.717) is 0 Å². The molecule has 2 aromatic heterocycles. The third-order valence-electron chi connectivity index (χ3n) is 9.18. The molecule has 0 radical (unpaired) electrons. The van der Waals surface area contributed by atoms with Crippen molar-refractivity contribution in [2.75, 3.05) is 0 Å². The summed E-state index contributed by atoms with van der Waals surface area (Å²) >= 11 is 0. The Morgan fingerprint density at radius 1 is 0.326 bits per heavy atom. The Kier molecular flexibility index (Phi) is 6.17. The Hall–Kier alpha value is -6.12. The highest BCUT2D eigenvalue weighted by atomic mass is 15.0. The summed E-state index contributed by atoms with van der Waals surface area (Å²) in [7, 11) is 0. The van der Waals surface area contributed by atoms with Gasteiger partial charge in [0, 0.05) is 33.7 Å². The van der Waals surface area contributed by atoms with Crippen molar-refractivity contribution in [3.8, 4) is 44.8 Å². The van der Waals surface area contributed by atoms with Crippen LogP contribution in [0, 0.1) is 0 Å². The highest BCUT2D eigenvalue weighted by Crippen LogP contribution is 2.41. The molecule has 2 heteroatoms. The minimum absolute atomic E-state index is 1.15. The van der Waals surface area contributed by atoms with E-state index in [1.54, 1.807) is 0 Å². The number of fused-ring (bicyclic) bond motifs is 5. The molecule has 0 atom stereocenters. The predicted octanol–water partition coefficient (Wildman–Crippen LogP) is 11.7. The average Bonchev–Trinajstić information content (AvgIpc) is 3.72. The molecule has 9 rings (SSSR count). The second kappa shape index (κ2) is 10.8. The molecule has 0 saturated carbocycles. The maximum atomic E-state index is 2.45. The average molecular weight is 587 g/mol. The van der Waals surface area contributed by atoms with Gasteiger partial charge in [0.05, 0.1) is 16.6 Å². The molecule has 9 aromatic rings. The highest BCUT2D eigenvalue weighted by Gasteiger charge is 2.18. The van der Waals surface area contributed by atoms with Crippen LogP contribution in [-0.4, -0.2) is 9.13 Å². The lowest BCUT2D eigenvalue weighted by molar-refractivity contribution is 1.13. The molecule has 0 spiro atoms. The maximum absolute atomic E-state index is 2.45. The third kappa shape index (κ3) is 4.27. The monoisotopic (exact) mass is 586 g/mol. The molecule has 216 valence electrons. The van der Waals surface area contributed by atoms with E-state index in [2.05, 4.69) is 191 Å². The molecule has 0 unspecified atom stereocenters. The first-order valence-electron chi connectivity index (χ1n) is 15.8. The van der Waals surface area contributed by atoms with Gasteiger partial charge >= 0.3 is 0 Å². The van der Waals surface area contributed by atoms with Gasteiger partial charge in [-0.15, -0.1) is 0 Å². The molecule has 0 aliphatic heterocycles. The van der Waals surface area contributed by atoms with E-state index in [-0.39, 0.29) is 0 Å². The third-order valence-corrected chi connectivity index (χ3v) is 9.18. The zero-order chi connectivity index (χ0) is 30.5. The van der Waals surface area contributed by atoms with Gasteiger partial charge in [0.15, 0.2) is 0 Å². The minimum Gasteiger partial charge on any atom is -0.316 e. The van der Waals surface area contributed by atoms with Crippen molar-refractivity contribution in [3.63, 3.8) is 0 Å². The second-order valence-corrected chi connectivity index (χ2v) is 11.8. The highest BCUT2D eigenvalue weighted by molar-refractivity contribution is 6.19. The molecule has 7 aromatic carbocycles. The molecular formula is C44H30N2. The Balaban J connectivity index is 1.30. The van der Waals surface area contributed by atoms with Gasteiger partial charge in [-0.1, -0.05) is 127 Å². The molecule has 2 nitrogen and oxygen atoms in total. The fourth-order valence-electron chi connectivity index (χ4n) is 7.01. The van der Waals surface area contributed by atoms with E-state index in [1.165, 1.54) is 66.1 Å². The molecule has 0 amide bonds. The molecule has 0 N–H and O–H groups in total. The largest absolute Gasteiger partial charge is 0.316 e. The van der Waals surface area contributed by atoms with E-state index in [0.717, 1.165) is 11.4 Å². The zero-order valence-corrected chi connectivity index (χ0v) is 25.2. The first-order chi connectivity index (χ1) is 22.8. The van der Waals surface area contributed by atoms with Crippen LogP contribution in [0.4, 0.5) is 0 Å². The van der Waals surface area contributed by atoms with Crippen LogP contribution in [0.1, 0.15) is 0 Å². The summed E-state index contributed by atoms with van der Waals surface area (Å²) in [5, 5.41) is 3.73. The van der Waals surface area contributed by atoms with E-state index < -0.39 is 0 Å². The topological polar surface area (TPSA) is 9.86 Å². The summed E-state index contributed by atoms with van der Waals surface area (Å²) in [6.07, 6.45) is 2.20. The van der Waals surface area contributed by atoms with Gasteiger partial charge in [0.2, 0.25) is 0 Å². The van der Waals surface area contributed by atoms with Crippen molar-refractivity contribution >= 4 is 32.7 Å². The number of aromatic nitrogens is 2. The molecule has 0 bridgehead atoms. The number of nitrogens with zero attached hydrogens (tertiary/aromatic N) is 2. The van der Waals surface area contributed by atoms with Crippen LogP contribution in [0.5, 0.6) is 0 Å². The van der Waals surface area contributed by atoms with Gasteiger partial charge in [0.1, 0.15) is 0 Å². The molecule has 2 heterocycles. The van der Waals surface area contributed by atoms with Crippen molar-refractivity contribution in [3.05, 3.63) is 182 Å². The SMILES string of the molecule is c1ccc(-c2ccc(-n3c4ccc(-c5ccccc5-c5ccccc5)cc4c4ccc5c(ccn5-c5ccccc5)c43)cc2)cc1. The first kappa shape index (κ1) is 26.3. The maximum Gasteiger partial charge on any atom is 0.0635 e. The molecule has 0 aliphatic rings. The number of benzene rings is 7. The molecule has 46 heavy (non-hydrogen) atoms. The van der Waals surface area contributed by atoms with Gasteiger partial charge in [-0.25, -0.2) is 0 Å². The predicted molar refractivity (Wildman–Crippen MR) is 194 cm³/mol. The second-order valence-electron chi connectivity index (χ2n) is 11.8. The lowest BCUT2D eigenvalue weighted by Gasteiger charge is -2.12. The minimum atomic E-state index is 1.15. The Labute approximate surface area is 268 Å². The smallest absolute Gasteiger partial charge is 0.0635 e. The summed E-state index contributed by atoms with van der Waals surface area (Å²) in [4.78, 5) is 0. The van der Waals surface area contributed by atoms with Crippen LogP contribution in [0.15, 0.2) is 182 Å². The van der Waals surface area contributed by atoms with Gasteiger partial charge in [-0.3, -0.25) is 0 Å². The number of hydrogen-bond acceptors (Lipinski definition) is 0. The van der Waals surface area contributed by atoms with Crippen LogP contribution in [0.25, 0.3) is 77.5 Å². The van der Waals surface area contributed by atoms with Crippen LogP contribution < -0.4 is 0 Å². The van der Waals surface area contributed by atoms with Crippen molar-refractivity contribution in [1.29, 1.82) is 0 Å². The van der Waals surface area contributed by atoms with Crippen LogP contribution in [0.2, 0.25) is 0 Å². The van der Waals surface area contributed by atoms with Crippen molar-refractivity contribution < 1.29 is 0 Å². The fourth-order valence-corrected chi connectivity index (χ4v) is 7.01. The van der Waals surface area contributed by atoms with E-state index in [4.69, 9.17) is 0 Å². The molecular weight excluding hydrogens is 556 g/mol. The van der Waals surface area contributed by atoms with Gasteiger partial charge in [-0.05, 0) is 81.9 Å². The normalized spacial score (nSPS) is 11.5.